The van der Waals surface area contributed by atoms with Crippen molar-refractivity contribution in [1.82, 2.24) is 4.98 Å². The number of hydrogen-bond donors (Lipinski definition) is 3. The van der Waals surface area contributed by atoms with Gasteiger partial charge in [-0.3, -0.25) is 9.59 Å². The van der Waals surface area contributed by atoms with Gasteiger partial charge in [-0.25, -0.2) is 4.98 Å². The lowest BCUT2D eigenvalue weighted by atomic mass is 10.2. The van der Waals surface area contributed by atoms with E-state index in [1.807, 2.05) is 25.1 Å². The van der Waals surface area contributed by atoms with Crippen molar-refractivity contribution < 1.29 is 9.59 Å². The van der Waals surface area contributed by atoms with Crippen LogP contribution in [0.5, 0.6) is 0 Å². The predicted molar refractivity (Wildman–Crippen MR) is 90.6 cm³/mol. The summed E-state index contributed by atoms with van der Waals surface area (Å²) in [4.78, 5) is 29.0. The van der Waals surface area contributed by atoms with Gasteiger partial charge >= 0.3 is 0 Å². The highest BCUT2D eigenvalue weighted by atomic mass is 16.2. The van der Waals surface area contributed by atoms with Crippen molar-refractivity contribution in [3.05, 3.63) is 48.2 Å². The molecule has 0 aliphatic heterocycles. The molecule has 23 heavy (non-hydrogen) atoms. The maximum absolute atomic E-state index is 11.9. The van der Waals surface area contributed by atoms with E-state index in [1.54, 1.807) is 36.5 Å². The molecule has 2 aromatic rings. The third kappa shape index (κ3) is 4.70. The van der Waals surface area contributed by atoms with Crippen molar-refractivity contribution in [2.45, 2.75) is 0 Å². The van der Waals surface area contributed by atoms with Crippen LogP contribution in [0.1, 0.15) is 10.4 Å². The summed E-state index contributed by atoms with van der Waals surface area (Å²) in [5.41, 5.74) is 6.95. The molecule has 1 aromatic heterocycles. The minimum atomic E-state index is -0.483. The van der Waals surface area contributed by atoms with Crippen LogP contribution in [0.4, 0.5) is 17.2 Å². The summed E-state index contributed by atoms with van der Waals surface area (Å²) in [7, 11) is 3.79. The zero-order valence-corrected chi connectivity index (χ0v) is 13.0. The second-order valence-electron chi connectivity index (χ2n) is 5.14. The van der Waals surface area contributed by atoms with Crippen molar-refractivity contribution in [3.63, 3.8) is 0 Å². The summed E-state index contributed by atoms with van der Waals surface area (Å²) in [6.45, 7) is 0.103. The van der Waals surface area contributed by atoms with E-state index in [1.165, 1.54) is 0 Å². The molecule has 0 bridgehead atoms. The van der Waals surface area contributed by atoms with E-state index in [0.717, 1.165) is 11.5 Å². The molecule has 0 aliphatic carbocycles. The minimum Gasteiger partial charge on any atom is -0.376 e. The molecule has 2 rings (SSSR count). The predicted octanol–water partition coefficient (Wildman–Crippen LogP) is 1.30. The van der Waals surface area contributed by atoms with Crippen LogP contribution in [0.2, 0.25) is 0 Å². The smallest absolute Gasteiger partial charge is 0.248 e. The number of pyridine rings is 1. The second kappa shape index (κ2) is 7.26. The zero-order chi connectivity index (χ0) is 16.8. The van der Waals surface area contributed by atoms with Crippen LogP contribution in [0.3, 0.4) is 0 Å². The lowest BCUT2D eigenvalue weighted by Crippen LogP contribution is -2.22. The highest BCUT2D eigenvalue weighted by Crippen LogP contribution is 2.12. The first-order chi connectivity index (χ1) is 11.0. The van der Waals surface area contributed by atoms with Gasteiger partial charge in [0.2, 0.25) is 11.8 Å². The number of rotatable bonds is 6. The van der Waals surface area contributed by atoms with Gasteiger partial charge in [-0.1, -0.05) is 0 Å². The fourth-order valence-electron chi connectivity index (χ4n) is 1.86. The molecule has 4 N–H and O–H groups in total. The molecule has 0 unspecified atom stereocenters. The van der Waals surface area contributed by atoms with Crippen molar-refractivity contribution in [3.8, 4) is 0 Å². The van der Waals surface area contributed by atoms with E-state index in [9.17, 15) is 9.59 Å². The summed E-state index contributed by atoms with van der Waals surface area (Å²) < 4.78 is 0. The Morgan fingerprint density at radius 1 is 1.09 bits per heavy atom. The molecular formula is C16H19N5O2. The van der Waals surface area contributed by atoms with Crippen LogP contribution in [0.25, 0.3) is 0 Å². The number of carbonyl (C=O) groups excluding carboxylic acids is 2. The van der Waals surface area contributed by atoms with Gasteiger partial charge in [0.05, 0.1) is 18.4 Å². The van der Waals surface area contributed by atoms with Crippen LogP contribution in [-0.4, -0.2) is 37.4 Å². The number of primary amides is 1. The number of hydrogen-bond acceptors (Lipinski definition) is 5. The standard InChI is InChI=1S/C16H19N5O2/c1-21(2)14-8-7-13(9-19-14)20-15(22)10-18-12-5-3-11(4-6-12)16(17)23/h3-9,18H,10H2,1-2H3,(H2,17,23)(H,20,22). The van der Waals surface area contributed by atoms with Gasteiger partial charge in [0.25, 0.3) is 0 Å². The number of carbonyl (C=O) groups is 2. The highest BCUT2D eigenvalue weighted by Gasteiger charge is 2.04. The van der Waals surface area contributed by atoms with Crippen LogP contribution >= 0.6 is 0 Å². The molecule has 1 heterocycles. The van der Waals surface area contributed by atoms with Crippen LogP contribution < -0.4 is 21.3 Å². The minimum absolute atomic E-state index is 0.103. The first-order valence-corrected chi connectivity index (χ1v) is 7.02. The molecule has 0 saturated heterocycles. The van der Waals surface area contributed by atoms with E-state index >= 15 is 0 Å². The monoisotopic (exact) mass is 313 g/mol. The molecule has 0 fully saturated rings. The van der Waals surface area contributed by atoms with Gasteiger partial charge < -0.3 is 21.3 Å². The number of nitrogens with two attached hydrogens (primary N) is 1. The van der Waals surface area contributed by atoms with E-state index in [0.29, 0.717) is 11.3 Å². The number of benzene rings is 1. The Bertz CT molecular complexity index is 681. The van der Waals surface area contributed by atoms with E-state index in [2.05, 4.69) is 15.6 Å². The van der Waals surface area contributed by atoms with E-state index in [-0.39, 0.29) is 12.5 Å². The van der Waals surface area contributed by atoms with Crippen molar-refractivity contribution in [2.24, 2.45) is 5.73 Å². The summed E-state index contributed by atoms with van der Waals surface area (Å²) >= 11 is 0. The molecule has 0 atom stereocenters. The number of nitrogens with zero attached hydrogens (tertiary/aromatic N) is 2. The zero-order valence-electron chi connectivity index (χ0n) is 13.0. The number of nitrogens with one attached hydrogen (secondary N) is 2. The summed E-state index contributed by atoms with van der Waals surface area (Å²) in [5.74, 6) is 0.141. The molecule has 7 heteroatoms. The third-order valence-corrected chi connectivity index (χ3v) is 3.11. The Morgan fingerprint density at radius 3 is 2.26 bits per heavy atom. The topological polar surface area (TPSA) is 100 Å². The average molecular weight is 313 g/mol. The van der Waals surface area contributed by atoms with Gasteiger partial charge in [0.15, 0.2) is 0 Å². The largest absolute Gasteiger partial charge is 0.376 e. The lowest BCUT2D eigenvalue weighted by molar-refractivity contribution is -0.114. The van der Waals surface area contributed by atoms with E-state index < -0.39 is 5.91 Å². The summed E-state index contributed by atoms with van der Waals surface area (Å²) in [5, 5.41) is 5.72. The summed E-state index contributed by atoms with van der Waals surface area (Å²) in [6, 6.07) is 10.2. The normalized spacial score (nSPS) is 10.0. The van der Waals surface area contributed by atoms with Crippen molar-refractivity contribution in [2.75, 3.05) is 36.2 Å². The first kappa shape index (κ1) is 16.3. The average Bonchev–Trinajstić information content (AvgIpc) is 2.54. The molecule has 7 nitrogen and oxygen atoms in total. The molecule has 120 valence electrons. The van der Waals surface area contributed by atoms with Gasteiger partial charge in [0, 0.05) is 25.3 Å². The molecule has 0 saturated carbocycles. The molecule has 0 aliphatic rings. The SMILES string of the molecule is CN(C)c1ccc(NC(=O)CNc2ccc(C(N)=O)cc2)cn1. The number of amides is 2. The molecule has 2 amide bonds. The highest BCUT2D eigenvalue weighted by molar-refractivity contribution is 5.94. The first-order valence-electron chi connectivity index (χ1n) is 7.02. The second-order valence-corrected chi connectivity index (χ2v) is 5.14. The molecular weight excluding hydrogens is 294 g/mol. The van der Waals surface area contributed by atoms with Crippen LogP contribution in [-0.2, 0) is 4.79 Å². The third-order valence-electron chi connectivity index (χ3n) is 3.11. The maximum atomic E-state index is 11.9. The summed E-state index contributed by atoms with van der Waals surface area (Å²) in [6.07, 6.45) is 1.61. The van der Waals surface area contributed by atoms with Crippen molar-refractivity contribution >= 4 is 29.0 Å². The van der Waals surface area contributed by atoms with Gasteiger partial charge in [-0.2, -0.15) is 0 Å². The Kier molecular flexibility index (Phi) is 5.14. The fourth-order valence-corrected chi connectivity index (χ4v) is 1.86. The Hall–Kier alpha value is -3.09. The van der Waals surface area contributed by atoms with Crippen LogP contribution in [0.15, 0.2) is 42.6 Å². The number of anilines is 3. The fraction of sp³-hybridized carbons (Fsp3) is 0.188. The van der Waals surface area contributed by atoms with Crippen molar-refractivity contribution in [1.29, 1.82) is 0 Å². The van der Waals surface area contributed by atoms with Gasteiger partial charge in [0.1, 0.15) is 5.82 Å². The Morgan fingerprint density at radius 2 is 1.74 bits per heavy atom. The molecule has 1 aromatic carbocycles. The maximum Gasteiger partial charge on any atom is 0.248 e. The van der Waals surface area contributed by atoms with Crippen LogP contribution in [0, 0.1) is 0 Å². The Labute approximate surface area is 134 Å². The lowest BCUT2D eigenvalue weighted by Gasteiger charge is -2.12. The van der Waals surface area contributed by atoms with Gasteiger partial charge in [-0.05, 0) is 36.4 Å². The molecule has 0 radical (unpaired) electrons. The molecule has 0 spiro atoms. The Balaban J connectivity index is 1.86. The number of aromatic nitrogens is 1. The van der Waals surface area contributed by atoms with Gasteiger partial charge in [-0.15, -0.1) is 0 Å². The quantitative estimate of drug-likeness (QED) is 0.746. The van der Waals surface area contributed by atoms with E-state index in [4.69, 9.17) is 5.73 Å².